The second kappa shape index (κ2) is 8.17. The monoisotopic (exact) mass is 486 g/mol. The zero-order chi connectivity index (χ0) is 25.2. The number of phenols is 1. The van der Waals surface area contributed by atoms with E-state index in [1.54, 1.807) is 0 Å². The van der Waals surface area contributed by atoms with E-state index in [1.165, 1.54) is 6.92 Å². The van der Waals surface area contributed by atoms with Crippen LogP contribution in [0.25, 0.3) is 5.76 Å². The molecule has 186 valence electrons. The second-order valence-electron chi connectivity index (χ2n) is 9.93. The predicted molar refractivity (Wildman–Crippen MR) is 122 cm³/mol. The molecule has 3 aliphatic carbocycles. The third-order valence-corrected chi connectivity index (χ3v) is 7.86. The van der Waals surface area contributed by atoms with E-state index in [-0.39, 0.29) is 53.8 Å². The summed E-state index contributed by atoms with van der Waals surface area (Å²) in [5.74, 6) is -6.27. The van der Waals surface area contributed by atoms with Gasteiger partial charge in [0.1, 0.15) is 17.3 Å². The maximum atomic E-state index is 15.1. The van der Waals surface area contributed by atoms with E-state index < -0.39 is 58.0 Å². The third kappa shape index (κ3) is 3.46. The summed E-state index contributed by atoms with van der Waals surface area (Å²) in [7, 11) is 0. The van der Waals surface area contributed by atoms with Crippen molar-refractivity contribution in [2.45, 2.75) is 44.6 Å². The molecule has 0 aromatic heterocycles. The molecule has 1 heterocycles. The summed E-state index contributed by atoms with van der Waals surface area (Å²) < 4.78 is 15.1. The van der Waals surface area contributed by atoms with Crippen LogP contribution in [0.2, 0.25) is 0 Å². The summed E-state index contributed by atoms with van der Waals surface area (Å²) in [5, 5.41) is 46.1. The first kappa shape index (κ1) is 23.5. The number of halogens is 1. The van der Waals surface area contributed by atoms with Crippen LogP contribution in [0.3, 0.4) is 0 Å². The van der Waals surface area contributed by atoms with Gasteiger partial charge in [0, 0.05) is 35.1 Å². The van der Waals surface area contributed by atoms with Crippen LogP contribution in [0, 0.1) is 17.7 Å². The van der Waals surface area contributed by atoms with Gasteiger partial charge in [-0.3, -0.25) is 19.3 Å². The molecule has 5 N–H and O–H groups in total. The number of carbonyl (C=O) groups excluding carboxylic acids is 3. The van der Waals surface area contributed by atoms with Crippen LogP contribution in [0.5, 0.6) is 5.75 Å². The second-order valence-corrected chi connectivity index (χ2v) is 9.93. The number of ketones is 2. The topological polar surface area (TPSA) is 147 Å². The van der Waals surface area contributed by atoms with Gasteiger partial charge in [-0.05, 0) is 51.6 Å². The minimum absolute atomic E-state index is 0.0254. The number of allylic oxidation sites excluding steroid dienone is 1. The number of likely N-dealkylation sites (tertiary alicyclic amines) is 1. The highest BCUT2D eigenvalue weighted by Gasteiger charge is 2.59. The van der Waals surface area contributed by atoms with Gasteiger partial charge in [0.05, 0.1) is 17.8 Å². The molecule has 35 heavy (non-hydrogen) atoms. The molecule has 1 aliphatic heterocycles. The van der Waals surface area contributed by atoms with Crippen molar-refractivity contribution >= 4 is 28.9 Å². The molecule has 3 atom stereocenters. The molecule has 5 rings (SSSR count). The SMILES string of the molecule is CC1=C(O)[C@@]2(O)C(=O)C3=C(O)c4c(O)c(NC(=O)CN5CCCC5)cc(F)c4CC3C[C@H]2CC1=O. The fourth-order valence-electron chi connectivity index (χ4n) is 5.96. The van der Waals surface area contributed by atoms with E-state index in [2.05, 4.69) is 5.32 Å². The molecule has 2 fully saturated rings. The van der Waals surface area contributed by atoms with Crippen LogP contribution in [-0.2, 0) is 20.8 Å². The standard InChI is InChI=1S/C25H27FN2O7/c1-11-17(29)8-13-6-12-7-14-15(26)9-16(27-18(30)10-28-4-2-3-5-28)21(31)20(14)22(32)19(12)24(34)25(13,35)23(11)33/h9,12-13,31-33,35H,2-8,10H2,1H3,(H,27,30)/t12?,13-,25+/m0/s1. The summed E-state index contributed by atoms with van der Waals surface area (Å²) in [5.41, 5.74) is -3.33. The molecule has 1 aromatic rings. The van der Waals surface area contributed by atoms with Gasteiger partial charge in [0.15, 0.2) is 17.1 Å². The number of aromatic hydroxyl groups is 1. The van der Waals surface area contributed by atoms with Gasteiger partial charge in [-0.1, -0.05) is 0 Å². The molecule has 0 spiro atoms. The zero-order valence-corrected chi connectivity index (χ0v) is 19.2. The molecule has 10 heteroatoms. The molecule has 0 radical (unpaired) electrons. The number of Topliss-reactive ketones (excluding diaryl/α,β-unsaturated/α-hetero) is 2. The Morgan fingerprint density at radius 3 is 2.57 bits per heavy atom. The van der Waals surface area contributed by atoms with Gasteiger partial charge in [0.2, 0.25) is 11.7 Å². The highest BCUT2D eigenvalue weighted by atomic mass is 19.1. The quantitative estimate of drug-likeness (QED) is 0.408. The van der Waals surface area contributed by atoms with Crippen LogP contribution in [0.4, 0.5) is 10.1 Å². The predicted octanol–water partition coefficient (Wildman–Crippen LogP) is 2.13. The van der Waals surface area contributed by atoms with Crippen LogP contribution >= 0.6 is 0 Å². The number of carbonyl (C=O) groups is 3. The number of aliphatic hydroxyl groups excluding tert-OH is 2. The van der Waals surface area contributed by atoms with Crippen LogP contribution in [0.15, 0.2) is 23.0 Å². The molecule has 1 saturated carbocycles. The average Bonchev–Trinajstić information content (AvgIpc) is 3.31. The number of aliphatic hydroxyl groups is 3. The number of hydrogen-bond donors (Lipinski definition) is 5. The number of hydrogen-bond acceptors (Lipinski definition) is 8. The summed E-state index contributed by atoms with van der Waals surface area (Å²) in [4.78, 5) is 40.0. The van der Waals surface area contributed by atoms with Gasteiger partial charge in [-0.2, -0.15) is 0 Å². The highest BCUT2D eigenvalue weighted by Crippen LogP contribution is 2.52. The maximum absolute atomic E-state index is 15.1. The fraction of sp³-hybridized carbons (Fsp3) is 0.480. The summed E-state index contributed by atoms with van der Waals surface area (Å²) >= 11 is 0. The Morgan fingerprint density at radius 1 is 1.20 bits per heavy atom. The van der Waals surface area contributed by atoms with Crippen LogP contribution in [0.1, 0.15) is 43.7 Å². The Kier molecular flexibility index (Phi) is 5.48. The lowest BCUT2D eigenvalue weighted by Gasteiger charge is -2.46. The maximum Gasteiger partial charge on any atom is 0.238 e. The van der Waals surface area contributed by atoms with Gasteiger partial charge < -0.3 is 25.7 Å². The first-order valence-electron chi connectivity index (χ1n) is 11.7. The summed E-state index contributed by atoms with van der Waals surface area (Å²) in [6, 6.07) is 0.984. The third-order valence-electron chi connectivity index (χ3n) is 7.86. The first-order valence-corrected chi connectivity index (χ1v) is 11.7. The first-order chi connectivity index (χ1) is 16.5. The van der Waals surface area contributed by atoms with Crippen molar-refractivity contribution in [3.63, 3.8) is 0 Å². The number of nitrogens with one attached hydrogen (secondary N) is 1. The molecule has 9 nitrogen and oxygen atoms in total. The molecule has 4 aliphatic rings. The van der Waals surface area contributed by atoms with E-state index in [0.29, 0.717) is 0 Å². The molecule has 1 amide bonds. The molecule has 1 unspecified atom stereocenters. The smallest absolute Gasteiger partial charge is 0.238 e. The summed E-state index contributed by atoms with van der Waals surface area (Å²) in [6.45, 7) is 2.92. The van der Waals surface area contributed by atoms with E-state index in [1.807, 2.05) is 4.90 Å². The lowest BCUT2D eigenvalue weighted by molar-refractivity contribution is -0.147. The number of rotatable bonds is 3. The number of fused-ring (bicyclic) bond motifs is 3. The minimum Gasteiger partial charge on any atom is -0.508 e. The van der Waals surface area contributed by atoms with Crippen molar-refractivity contribution in [1.82, 2.24) is 4.90 Å². The van der Waals surface area contributed by atoms with Gasteiger partial charge in [0.25, 0.3) is 0 Å². The van der Waals surface area contributed by atoms with Crippen molar-refractivity contribution in [2.75, 3.05) is 25.0 Å². The van der Waals surface area contributed by atoms with Crippen molar-refractivity contribution in [1.29, 1.82) is 0 Å². The van der Waals surface area contributed by atoms with Crippen LogP contribution in [-0.4, -0.2) is 68.0 Å². The Bertz CT molecular complexity index is 1230. The van der Waals surface area contributed by atoms with Crippen LogP contribution < -0.4 is 5.32 Å². The van der Waals surface area contributed by atoms with Crippen molar-refractivity contribution in [3.8, 4) is 5.75 Å². The van der Waals surface area contributed by atoms with Crippen molar-refractivity contribution in [2.24, 2.45) is 11.8 Å². The molecule has 1 aromatic carbocycles. The molecule has 1 saturated heterocycles. The number of amides is 1. The lowest BCUT2D eigenvalue weighted by atomic mass is 9.59. The van der Waals surface area contributed by atoms with E-state index in [9.17, 15) is 34.8 Å². The van der Waals surface area contributed by atoms with Gasteiger partial charge in [-0.25, -0.2) is 4.39 Å². The number of anilines is 1. The van der Waals surface area contributed by atoms with Gasteiger partial charge in [-0.15, -0.1) is 0 Å². The number of benzene rings is 1. The number of nitrogens with zero attached hydrogens (tertiary/aromatic N) is 1. The van der Waals surface area contributed by atoms with E-state index in [4.69, 9.17) is 0 Å². The lowest BCUT2D eigenvalue weighted by Crippen LogP contribution is -2.57. The van der Waals surface area contributed by atoms with Crippen molar-refractivity contribution in [3.05, 3.63) is 39.9 Å². The minimum atomic E-state index is -2.38. The molecular formula is C25H27FN2O7. The molecular weight excluding hydrogens is 459 g/mol. The average molecular weight is 486 g/mol. The Hall–Kier alpha value is -3.24. The fourth-order valence-corrected chi connectivity index (χ4v) is 5.96. The highest BCUT2D eigenvalue weighted by molar-refractivity contribution is 6.13. The number of phenolic OH excluding ortho intramolecular Hbond substituents is 1. The largest absolute Gasteiger partial charge is 0.508 e. The van der Waals surface area contributed by atoms with E-state index >= 15 is 4.39 Å². The zero-order valence-electron chi connectivity index (χ0n) is 19.2. The Balaban J connectivity index is 1.54. The molecule has 0 bridgehead atoms. The van der Waals surface area contributed by atoms with Gasteiger partial charge >= 0.3 is 0 Å². The normalized spacial score (nSPS) is 28.7. The summed E-state index contributed by atoms with van der Waals surface area (Å²) in [6.07, 6.45) is 1.79. The van der Waals surface area contributed by atoms with E-state index in [0.717, 1.165) is 32.0 Å². The Labute approximate surface area is 200 Å². The Morgan fingerprint density at radius 2 is 1.89 bits per heavy atom. The van der Waals surface area contributed by atoms with Crippen molar-refractivity contribution < 1.29 is 39.2 Å².